The molecule has 1 fully saturated rings. The highest BCUT2D eigenvalue weighted by Crippen LogP contribution is 2.31. The molecule has 0 aromatic rings. The van der Waals surface area contributed by atoms with Crippen molar-refractivity contribution in [1.29, 1.82) is 0 Å². The Bertz CT molecular complexity index is 304. The lowest BCUT2D eigenvalue weighted by molar-refractivity contribution is -0.152. The van der Waals surface area contributed by atoms with E-state index in [9.17, 15) is 14.7 Å². The highest BCUT2D eigenvalue weighted by molar-refractivity contribution is 5.84. The molecule has 1 saturated heterocycles. The summed E-state index contributed by atoms with van der Waals surface area (Å²) >= 11 is 0. The molecular weight excluding hydrogens is 208 g/mol. The maximum atomic E-state index is 11.8. The molecule has 0 aromatic carbocycles. The van der Waals surface area contributed by atoms with Crippen LogP contribution in [0.25, 0.3) is 0 Å². The Morgan fingerprint density at radius 1 is 1.44 bits per heavy atom. The summed E-state index contributed by atoms with van der Waals surface area (Å²) in [5, 5.41) is 9.25. The number of likely N-dealkylation sites (N-methyl/N-ethyl adjacent to an activating group) is 1. The van der Waals surface area contributed by atoms with Crippen molar-refractivity contribution in [3.8, 4) is 0 Å². The van der Waals surface area contributed by atoms with Crippen LogP contribution in [0.2, 0.25) is 0 Å². The fourth-order valence-electron chi connectivity index (χ4n) is 2.34. The molecule has 0 bridgehead atoms. The molecule has 0 spiro atoms. The first-order chi connectivity index (χ1) is 7.30. The molecule has 16 heavy (non-hydrogen) atoms. The number of aliphatic carboxylic acids is 1. The Morgan fingerprint density at radius 2 is 2.00 bits per heavy atom. The van der Waals surface area contributed by atoms with Crippen molar-refractivity contribution in [2.75, 3.05) is 20.6 Å². The number of carboxylic acid groups (broad SMARTS) is 1. The maximum Gasteiger partial charge on any atom is 0.323 e. The predicted molar refractivity (Wildman–Crippen MR) is 60.1 cm³/mol. The Kier molecular flexibility index (Phi) is 3.57. The lowest BCUT2D eigenvalue weighted by Crippen LogP contribution is -2.55. The minimum Gasteiger partial charge on any atom is -0.480 e. The van der Waals surface area contributed by atoms with Gasteiger partial charge in [-0.3, -0.25) is 14.5 Å². The van der Waals surface area contributed by atoms with Crippen LogP contribution in [0.4, 0.5) is 0 Å². The van der Waals surface area contributed by atoms with Crippen molar-refractivity contribution in [1.82, 2.24) is 9.80 Å². The van der Waals surface area contributed by atoms with Gasteiger partial charge in [-0.1, -0.05) is 0 Å². The Hall–Kier alpha value is -1.10. The zero-order valence-electron chi connectivity index (χ0n) is 10.4. The van der Waals surface area contributed by atoms with E-state index in [1.54, 1.807) is 32.8 Å². The second-order valence-corrected chi connectivity index (χ2v) is 4.78. The van der Waals surface area contributed by atoms with Crippen LogP contribution in [0.1, 0.15) is 26.7 Å². The molecule has 1 amide bonds. The van der Waals surface area contributed by atoms with Crippen LogP contribution in [0, 0.1) is 0 Å². The summed E-state index contributed by atoms with van der Waals surface area (Å²) in [6.45, 7) is 4.14. The van der Waals surface area contributed by atoms with Gasteiger partial charge in [-0.2, -0.15) is 0 Å². The van der Waals surface area contributed by atoms with Crippen LogP contribution in [0.5, 0.6) is 0 Å². The van der Waals surface area contributed by atoms with Gasteiger partial charge in [0.15, 0.2) is 0 Å². The molecule has 1 aliphatic heterocycles. The van der Waals surface area contributed by atoms with Crippen molar-refractivity contribution in [3.63, 3.8) is 0 Å². The van der Waals surface area contributed by atoms with Gasteiger partial charge in [0.25, 0.3) is 0 Å². The fourth-order valence-corrected chi connectivity index (χ4v) is 2.34. The summed E-state index contributed by atoms with van der Waals surface area (Å²) in [6, 6.07) is -0.376. The van der Waals surface area contributed by atoms with Crippen LogP contribution < -0.4 is 0 Å². The summed E-state index contributed by atoms with van der Waals surface area (Å²) in [4.78, 5) is 26.4. The van der Waals surface area contributed by atoms with Gasteiger partial charge in [-0.25, -0.2) is 0 Å². The first kappa shape index (κ1) is 13.0. The fraction of sp³-hybridized carbons (Fsp3) is 0.818. The third-order valence-electron chi connectivity index (χ3n) is 3.42. The van der Waals surface area contributed by atoms with Gasteiger partial charge in [0.2, 0.25) is 5.91 Å². The molecule has 1 N–H and O–H groups in total. The van der Waals surface area contributed by atoms with Crippen molar-refractivity contribution in [2.45, 2.75) is 38.3 Å². The molecule has 92 valence electrons. The summed E-state index contributed by atoms with van der Waals surface area (Å²) in [6.07, 6.45) is 1.43. The maximum absolute atomic E-state index is 11.8. The first-order valence-electron chi connectivity index (χ1n) is 5.52. The third kappa shape index (κ3) is 2.04. The quantitative estimate of drug-likeness (QED) is 0.759. The van der Waals surface area contributed by atoms with Crippen molar-refractivity contribution >= 4 is 11.9 Å². The van der Waals surface area contributed by atoms with E-state index in [0.29, 0.717) is 13.0 Å². The van der Waals surface area contributed by atoms with Crippen LogP contribution >= 0.6 is 0 Å². The van der Waals surface area contributed by atoms with E-state index >= 15 is 0 Å². The molecule has 5 heteroatoms. The Labute approximate surface area is 96.0 Å². The Balaban J connectivity index is 2.87. The van der Waals surface area contributed by atoms with Crippen LogP contribution in [-0.2, 0) is 9.59 Å². The zero-order chi connectivity index (χ0) is 12.5. The average Bonchev–Trinajstić information content (AvgIpc) is 2.59. The highest BCUT2D eigenvalue weighted by Gasteiger charge is 2.47. The van der Waals surface area contributed by atoms with E-state index in [4.69, 9.17) is 0 Å². The Morgan fingerprint density at radius 3 is 2.44 bits per heavy atom. The third-order valence-corrected chi connectivity index (χ3v) is 3.42. The molecule has 1 rings (SSSR count). The van der Waals surface area contributed by atoms with Crippen LogP contribution in [0.3, 0.4) is 0 Å². The number of hydrogen-bond acceptors (Lipinski definition) is 3. The number of likely N-dealkylation sites (tertiary alicyclic amines) is 1. The average molecular weight is 228 g/mol. The molecule has 0 radical (unpaired) electrons. The topological polar surface area (TPSA) is 60.9 Å². The van der Waals surface area contributed by atoms with E-state index in [1.807, 2.05) is 0 Å². The highest BCUT2D eigenvalue weighted by atomic mass is 16.4. The number of nitrogens with zero attached hydrogens (tertiary/aromatic N) is 2. The molecule has 0 saturated carbocycles. The largest absolute Gasteiger partial charge is 0.480 e. The predicted octanol–water partition coefficient (Wildman–Crippen LogP) is 0.402. The smallest absolute Gasteiger partial charge is 0.323 e. The van der Waals surface area contributed by atoms with Crippen LogP contribution in [0.15, 0.2) is 0 Å². The molecule has 0 aliphatic carbocycles. The molecule has 5 nitrogen and oxygen atoms in total. The number of amides is 1. The number of carbonyl (C=O) groups excluding carboxylic acids is 1. The molecule has 1 aliphatic rings. The van der Waals surface area contributed by atoms with Crippen molar-refractivity contribution in [2.24, 2.45) is 0 Å². The van der Waals surface area contributed by atoms with E-state index in [1.165, 1.54) is 4.90 Å². The molecule has 1 heterocycles. The number of rotatable bonds is 3. The lowest BCUT2D eigenvalue weighted by Gasteiger charge is -2.36. The normalized spacial score (nSPS) is 27.8. The minimum absolute atomic E-state index is 0.0469. The van der Waals surface area contributed by atoms with E-state index < -0.39 is 11.5 Å². The zero-order valence-corrected chi connectivity index (χ0v) is 10.4. The molecule has 0 aromatic heterocycles. The summed E-state index contributed by atoms with van der Waals surface area (Å²) < 4.78 is 0. The van der Waals surface area contributed by atoms with Gasteiger partial charge in [0.1, 0.15) is 5.54 Å². The number of hydrogen-bond donors (Lipinski definition) is 1. The second kappa shape index (κ2) is 4.41. The lowest BCUT2D eigenvalue weighted by atomic mass is 9.98. The van der Waals surface area contributed by atoms with Gasteiger partial charge in [0, 0.05) is 20.6 Å². The van der Waals surface area contributed by atoms with Gasteiger partial charge in [0.05, 0.1) is 6.04 Å². The molecule has 2 atom stereocenters. The van der Waals surface area contributed by atoms with Gasteiger partial charge in [-0.05, 0) is 26.7 Å². The first-order valence-corrected chi connectivity index (χ1v) is 5.52. The van der Waals surface area contributed by atoms with Crippen molar-refractivity contribution in [3.05, 3.63) is 0 Å². The molecular formula is C11H20N2O3. The van der Waals surface area contributed by atoms with E-state index in [2.05, 4.69) is 0 Å². The van der Waals surface area contributed by atoms with Gasteiger partial charge in [-0.15, -0.1) is 0 Å². The van der Waals surface area contributed by atoms with E-state index in [-0.39, 0.29) is 11.9 Å². The molecule has 2 unspecified atom stereocenters. The summed E-state index contributed by atoms with van der Waals surface area (Å²) in [7, 11) is 3.38. The standard InChI is InChI=1S/C11H20N2O3/c1-8(9(14)12(3)4)13-7-5-6-11(13,2)10(15)16/h8H,5-7H2,1-4H3,(H,15,16). The summed E-state index contributed by atoms with van der Waals surface area (Å²) in [5.41, 5.74) is -0.898. The van der Waals surface area contributed by atoms with Crippen molar-refractivity contribution < 1.29 is 14.7 Å². The summed E-state index contributed by atoms with van der Waals surface area (Å²) in [5.74, 6) is -0.891. The SMILES string of the molecule is CC(C(=O)N(C)C)N1CCCC1(C)C(=O)O. The minimum atomic E-state index is -0.898. The second-order valence-electron chi connectivity index (χ2n) is 4.78. The van der Waals surface area contributed by atoms with E-state index in [0.717, 1.165) is 6.42 Å². The number of carboxylic acids is 1. The monoisotopic (exact) mass is 228 g/mol. The van der Waals surface area contributed by atoms with Gasteiger partial charge < -0.3 is 10.0 Å². The van der Waals surface area contributed by atoms with Gasteiger partial charge >= 0.3 is 5.97 Å². The number of carbonyl (C=O) groups is 2. The van der Waals surface area contributed by atoms with Crippen LogP contribution in [-0.4, -0.2) is 59.0 Å².